The van der Waals surface area contributed by atoms with Crippen molar-refractivity contribution in [3.05, 3.63) is 44.8 Å². The van der Waals surface area contributed by atoms with Crippen LogP contribution in [0.1, 0.15) is 26.0 Å². The van der Waals surface area contributed by atoms with Crippen molar-refractivity contribution in [1.29, 1.82) is 0 Å². The number of hydrogen-bond acceptors (Lipinski definition) is 2. The van der Waals surface area contributed by atoms with E-state index < -0.39 is 0 Å². The zero-order valence-electron chi connectivity index (χ0n) is 11.2. The number of hydrogen-bond donors (Lipinski definition) is 1. The Hall–Kier alpha value is -1.49. The van der Waals surface area contributed by atoms with E-state index in [1.54, 1.807) is 4.68 Å². The van der Waals surface area contributed by atoms with Crippen LogP contribution >= 0.6 is 15.9 Å². The van der Waals surface area contributed by atoms with Gasteiger partial charge in [-0.1, -0.05) is 26.0 Å². The molecule has 0 atom stereocenters. The lowest BCUT2D eigenvalue weighted by Crippen LogP contribution is -2.22. The van der Waals surface area contributed by atoms with Gasteiger partial charge < -0.3 is 5.73 Å². The molecule has 0 aliphatic carbocycles. The van der Waals surface area contributed by atoms with Crippen molar-refractivity contribution in [2.75, 3.05) is 5.73 Å². The molecule has 1 aromatic carbocycles. The topological polar surface area (TPSA) is 52.9 Å². The van der Waals surface area contributed by atoms with E-state index in [1.807, 2.05) is 35.9 Å². The van der Waals surface area contributed by atoms with E-state index in [1.165, 1.54) is 0 Å². The molecule has 1 aromatic heterocycles. The van der Waals surface area contributed by atoms with Crippen molar-refractivity contribution in [2.45, 2.75) is 33.2 Å². The summed E-state index contributed by atoms with van der Waals surface area (Å²) in [4.78, 5) is 12.4. The van der Waals surface area contributed by atoms with E-state index in [2.05, 4.69) is 22.9 Å². The summed E-state index contributed by atoms with van der Waals surface area (Å²) in [5, 5.41) is 0. The Morgan fingerprint density at radius 2 is 1.95 bits per heavy atom. The SMILES string of the molecule is CCCn1c(CC)c(N)c(=O)n1-c1ccccc1Br. The molecular formula is C14H18BrN3O. The molecule has 0 bridgehead atoms. The molecule has 2 N–H and O–H groups in total. The number of halogens is 1. The molecule has 19 heavy (non-hydrogen) atoms. The maximum Gasteiger partial charge on any atom is 0.294 e. The Bertz CT molecular complexity index is 643. The first-order valence-corrected chi connectivity index (χ1v) is 7.26. The summed E-state index contributed by atoms with van der Waals surface area (Å²) in [5.41, 5.74) is 7.91. The summed E-state index contributed by atoms with van der Waals surface area (Å²) in [6.45, 7) is 4.88. The quantitative estimate of drug-likeness (QED) is 0.940. The third-order valence-electron chi connectivity index (χ3n) is 3.14. The minimum Gasteiger partial charge on any atom is -0.393 e. The molecule has 2 aromatic rings. The molecule has 0 aliphatic rings. The molecule has 0 radical (unpaired) electrons. The number of nitrogen functional groups attached to an aromatic ring is 1. The van der Waals surface area contributed by atoms with Crippen molar-refractivity contribution < 1.29 is 0 Å². The second-order valence-electron chi connectivity index (χ2n) is 4.41. The molecule has 1 heterocycles. The van der Waals surface area contributed by atoms with Gasteiger partial charge in [0, 0.05) is 11.0 Å². The van der Waals surface area contributed by atoms with Gasteiger partial charge in [-0.05, 0) is 40.9 Å². The summed E-state index contributed by atoms with van der Waals surface area (Å²) in [6.07, 6.45) is 1.70. The fourth-order valence-electron chi connectivity index (χ4n) is 2.29. The molecule has 0 saturated heterocycles. The van der Waals surface area contributed by atoms with Gasteiger partial charge in [-0.25, -0.2) is 4.68 Å². The minimum absolute atomic E-state index is 0.141. The molecule has 0 fully saturated rings. The highest BCUT2D eigenvalue weighted by Gasteiger charge is 2.18. The fourth-order valence-corrected chi connectivity index (χ4v) is 2.74. The number of nitrogens with zero attached hydrogens (tertiary/aromatic N) is 2. The molecule has 0 saturated carbocycles. The molecule has 0 aliphatic heterocycles. The summed E-state index contributed by atoms with van der Waals surface area (Å²) in [7, 11) is 0. The van der Waals surface area contributed by atoms with E-state index >= 15 is 0 Å². The minimum atomic E-state index is -0.141. The number of nitrogens with two attached hydrogens (primary N) is 1. The first-order chi connectivity index (χ1) is 9.11. The van der Waals surface area contributed by atoms with Crippen molar-refractivity contribution in [1.82, 2.24) is 9.36 Å². The molecule has 0 amide bonds. The van der Waals surface area contributed by atoms with Gasteiger partial charge in [0.25, 0.3) is 5.56 Å². The van der Waals surface area contributed by atoms with Crippen LogP contribution in [-0.2, 0) is 13.0 Å². The molecule has 102 valence electrons. The second kappa shape index (κ2) is 5.65. The Labute approximate surface area is 120 Å². The van der Waals surface area contributed by atoms with Gasteiger partial charge in [-0.15, -0.1) is 0 Å². The Kier molecular flexibility index (Phi) is 4.14. The summed E-state index contributed by atoms with van der Waals surface area (Å²) in [6, 6.07) is 7.68. The van der Waals surface area contributed by atoms with E-state index in [9.17, 15) is 4.79 Å². The number of aromatic nitrogens is 2. The highest BCUT2D eigenvalue weighted by molar-refractivity contribution is 9.10. The van der Waals surface area contributed by atoms with E-state index in [0.29, 0.717) is 5.69 Å². The Balaban J connectivity index is 2.76. The van der Waals surface area contributed by atoms with Crippen molar-refractivity contribution in [2.24, 2.45) is 0 Å². The zero-order chi connectivity index (χ0) is 14.0. The maximum absolute atomic E-state index is 12.4. The average molecular weight is 324 g/mol. The summed E-state index contributed by atoms with van der Waals surface area (Å²) < 4.78 is 4.54. The summed E-state index contributed by atoms with van der Waals surface area (Å²) in [5.74, 6) is 0. The van der Waals surface area contributed by atoms with Crippen LogP contribution in [0.25, 0.3) is 5.69 Å². The molecular weight excluding hydrogens is 306 g/mol. The molecule has 0 spiro atoms. The third-order valence-corrected chi connectivity index (χ3v) is 3.81. The molecule has 4 nitrogen and oxygen atoms in total. The highest BCUT2D eigenvalue weighted by atomic mass is 79.9. The number of rotatable bonds is 4. The zero-order valence-corrected chi connectivity index (χ0v) is 12.8. The van der Waals surface area contributed by atoms with E-state index in [-0.39, 0.29) is 5.56 Å². The predicted molar refractivity (Wildman–Crippen MR) is 81.8 cm³/mol. The summed E-state index contributed by atoms with van der Waals surface area (Å²) >= 11 is 3.49. The van der Waals surface area contributed by atoms with Gasteiger partial charge in [0.05, 0.1) is 11.4 Å². The van der Waals surface area contributed by atoms with Gasteiger partial charge in [0.1, 0.15) is 5.69 Å². The van der Waals surface area contributed by atoms with Crippen LogP contribution in [0.3, 0.4) is 0 Å². The van der Waals surface area contributed by atoms with Crippen LogP contribution in [0.4, 0.5) is 5.69 Å². The van der Waals surface area contributed by atoms with E-state index in [0.717, 1.165) is 35.2 Å². The normalized spacial score (nSPS) is 10.9. The van der Waals surface area contributed by atoms with Crippen LogP contribution in [-0.4, -0.2) is 9.36 Å². The smallest absolute Gasteiger partial charge is 0.294 e. The number of anilines is 1. The number of para-hydroxylation sites is 1. The second-order valence-corrected chi connectivity index (χ2v) is 5.26. The van der Waals surface area contributed by atoms with Gasteiger partial charge in [-0.3, -0.25) is 9.48 Å². The van der Waals surface area contributed by atoms with Gasteiger partial charge in [0.2, 0.25) is 0 Å². The van der Waals surface area contributed by atoms with Crippen LogP contribution in [0.2, 0.25) is 0 Å². The molecule has 0 unspecified atom stereocenters. The van der Waals surface area contributed by atoms with Gasteiger partial charge in [0.15, 0.2) is 0 Å². The lowest BCUT2D eigenvalue weighted by Gasteiger charge is -2.14. The van der Waals surface area contributed by atoms with Crippen LogP contribution in [0, 0.1) is 0 Å². The van der Waals surface area contributed by atoms with Gasteiger partial charge >= 0.3 is 0 Å². The molecule has 5 heteroatoms. The van der Waals surface area contributed by atoms with Crippen molar-refractivity contribution in [3.63, 3.8) is 0 Å². The van der Waals surface area contributed by atoms with Crippen molar-refractivity contribution in [3.8, 4) is 5.69 Å². The number of benzene rings is 1. The Morgan fingerprint density at radius 1 is 1.26 bits per heavy atom. The van der Waals surface area contributed by atoms with Crippen LogP contribution < -0.4 is 11.3 Å². The fraction of sp³-hybridized carbons (Fsp3) is 0.357. The first-order valence-electron chi connectivity index (χ1n) is 6.46. The Morgan fingerprint density at radius 3 is 2.53 bits per heavy atom. The maximum atomic E-state index is 12.4. The van der Waals surface area contributed by atoms with Crippen LogP contribution in [0.5, 0.6) is 0 Å². The lowest BCUT2D eigenvalue weighted by atomic mass is 10.3. The standard InChI is InChI=1S/C14H18BrN3O/c1-3-9-17-11(4-2)13(16)14(19)18(17)12-8-6-5-7-10(12)15/h5-8H,3-4,9,16H2,1-2H3. The van der Waals surface area contributed by atoms with E-state index in [4.69, 9.17) is 5.73 Å². The third kappa shape index (κ3) is 2.34. The average Bonchev–Trinajstić information content (AvgIpc) is 2.63. The highest BCUT2D eigenvalue weighted by Crippen LogP contribution is 2.22. The van der Waals surface area contributed by atoms with Crippen molar-refractivity contribution >= 4 is 21.6 Å². The van der Waals surface area contributed by atoms with Gasteiger partial charge in [-0.2, -0.15) is 0 Å². The monoisotopic (exact) mass is 323 g/mol. The lowest BCUT2D eigenvalue weighted by molar-refractivity contribution is 0.515. The largest absolute Gasteiger partial charge is 0.393 e. The first kappa shape index (κ1) is 13.9. The molecule has 2 rings (SSSR count). The van der Waals surface area contributed by atoms with Crippen LogP contribution in [0.15, 0.2) is 33.5 Å². The predicted octanol–water partition coefficient (Wildman–Crippen LogP) is 2.96.